The molecule has 2 aliphatic heterocycles. The number of fused-ring (bicyclic) bond motifs is 3. The Morgan fingerprint density at radius 3 is 2.25 bits per heavy atom. The van der Waals surface area contributed by atoms with Crippen LogP contribution in [-0.2, 0) is 27.5 Å². The largest absolute Gasteiger partial charge is 0.459 e. The first-order valence-electron chi connectivity index (χ1n) is 27.4. The lowest BCUT2D eigenvalue weighted by molar-refractivity contribution is -0.258. The van der Waals surface area contributed by atoms with Crippen LogP contribution in [-0.4, -0.2) is 65.2 Å². The van der Waals surface area contributed by atoms with E-state index in [4.69, 9.17) is 33.7 Å². The van der Waals surface area contributed by atoms with E-state index in [9.17, 15) is 10.2 Å². The van der Waals surface area contributed by atoms with Gasteiger partial charge in [0.05, 0.1) is 18.2 Å². The summed E-state index contributed by atoms with van der Waals surface area (Å²) in [6.45, 7) is 11.7. The van der Waals surface area contributed by atoms with Crippen molar-refractivity contribution in [1.29, 1.82) is 0 Å². The van der Waals surface area contributed by atoms with Crippen LogP contribution in [0.4, 0.5) is 0 Å². The lowest BCUT2D eigenvalue weighted by Crippen LogP contribution is -2.70. The SMILES string of the molecule is C=CCOC12Oc3ccc(Oc4ccc(C)c(C)c4)cc3C3C(CCCCO)C(CCCCO)C=C(C(=NOCc4ccccc4)CC1N(Cc1ccc4c(c1)OCO4)C(=O)CCCCCCCCCCC)C32. The number of nitrogens with zero attached hydrogens (tertiary/aromatic N) is 2. The summed E-state index contributed by atoms with van der Waals surface area (Å²) < 4.78 is 33.3. The highest BCUT2D eigenvalue weighted by atomic mass is 16.7. The van der Waals surface area contributed by atoms with Crippen LogP contribution >= 0.6 is 0 Å². The van der Waals surface area contributed by atoms with E-state index in [1.165, 1.54) is 44.1 Å². The molecule has 1 fully saturated rings. The Kier molecular flexibility index (Phi) is 19.5. The topological polar surface area (TPSA) is 129 Å². The molecule has 1 amide bonds. The second kappa shape index (κ2) is 26.5. The molecule has 11 nitrogen and oxygen atoms in total. The molecule has 0 spiro atoms. The number of carbonyl (C=O) groups is 1. The van der Waals surface area contributed by atoms with Crippen molar-refractivity contribution < 1.29 is 43.5 Å². The fourth-order valence-electron chi connectivity index (χ4n) is 11.7. The standard InChI is InChI=1S/C62H80N2O9/c1-5-7-8-9-10-11-12-13-17-26-59(67)64(41-47-28-31-56-57(37-47)69-43-68-56)58-40-54(63-71-42-46-22-15-14-16-23-46)52-38-48(24-18-20-33-65)51(25-19-21-34-66)60-53-39-50(72-49-29-27-44(3)45(4)36-49)30-32-55(53)73-62(58,61(52)60)70-35-6-2/h6,14-16,22-23,27-32,36-39,48,51,58,60-61,65-66H,2,5,7-13,17-21,24-26,33-35,40-43H2,1,3-4H3. The van der Waals surface area contributed by atoms with Gasteiger partial charge in [-0.15, -0.1) is 6.58 Å². The van der Waals surface area contributed by atoms with E-state index in [2.05, 4.69) is 51.6 Å². The summed E-state index contributed by atoms with van der Waals surface area (Å²) >= 11 is 0. The van der Waals surface area contributed by atoms with Crippen LogP contribution in [0.3, 0.4) is 0 Å². The van der Waals surface area contributed by atoms with Gasteiger partial charge in [-0.1, -0.05) is 131 Å². The summed E-state index contributed by atoms with van der Waals surface area (Å²) in [7, 11) is 0. The molecule has 8 rings (SSSR count). The predicted octanol–water partition coefficient (Wildman–Crippen LogP) is 13.6. The number of aryl methyl sites for hydroxylation is 2. The van der Waals surface area contributed by atoms with Crippen molar-refractivity contribution in [2.24, 2.45) is 22.9 Å². The van der Waals surface area contributed by atoms with E-state index in [1.807, 2.05) is 71.6 Å². The van der Waals surface area contributed by atoms with Gasteiger partial charge in [0, 0.05) is 44.1 Å². The fraction of sp³-hybridized carbons (Fsp3) is 0.516. The van der Waals surface area contributed by atoms with Crippen LogP contribution in [0.25, 0.3) is 0 Å². The highest BCUT2D eigenvalue weighted by Crippen LogP contribution is 2.62. The van der Waals surface area contributed by atoms with Gasteiger partial charge in [-0.05, 0) is 128 Å². The number of aliphatic hydroxyl groups excluding tert-OH is 2. The maximum Gasteiger partial charge on any atom is 0.239 e. The van der Waals surface area contributed by atoms with E-state index >= 15 is 4.79 Å². The Labute approximate surface area is 434 Å². The van der Waals surface area contributed by atoms with Crippen molar-refractivity contribution >= 4 is 11.6 Å². The summed E-state index contributed by atoms with van der Waals surface area (Å²) in [5.74, 6) is 1.57. The average molecular weight is 997 g/mol. The molecule has 6 unspecified atom stereocenters. The number of rotatable bonds is 29. The number of allylic oxidation sites excluding steroid dienone is 1. The smallest absolute Gasteiger partial charge is 0.239 e. The molecule has 4 aromatic rings. The van der Waals surface area contributed by atoms with Gasteiger partial charge in [0.2, 0.25) is 18.5 Å². The molecule has 0 bridgehead atoms. The van der Waals surface area contributed by atoms with Gasteiger partial charge in [0.25, 0.3) is 0 Å². The molecule has 1 saturated carbocycles. The molecule has 11 heteroatoms. The minimum atomic E-state index is -1.40. The molecule has 392 valence electrons. The van der Waals surface area contributed by atoms with Crippen molar-refractivity contribution in [3.63, 3.8) is 0 Å². The molecule has 0 aromatic heterocycles. The second-order valence-electron chi connectivity index (χ2n) is 20.7. The van der Waals surface area contributed by atoms with Crippen molar-refractivity contribution in [2.75, 3.05) is 26.6 Å². The maximum atomic E-state index is 15.5. The van der Waals surface area contributed by atoms with Gasteiger partial charge < -0.3 is 43.6 Å². The first-order chi connectivity index (χ1) is 35.8. The zero-order valence-corrected chi connectivity index (χ0v) is 43.7. The Bertz CT molecular complexity index is 2490. The third-order valence-corrected chi connectivity index (χ3v) is 15.6. The maximum absolute atomic E-state index is 15.5. The lowest BCUT2D eigenvalue weighted by Gasteiger charge is -2.60. The normalized spacial score (nSPS) is 22.0. The molecule has 0 saturated heterocycles. The van der Waals surface area contributed by atoms with Crippen LogP contribution in [0.1, 0.15) is 150 Å². The summed E-state index contributed by atoms with van der Waals surface area (Å²) in [4.78, 5) is 23.9. The van der Waals surface area contributed by atoms with Crippen LogP contribution in [0, 0.1) is 31.6 Å². The molecule has 2 heterocycles. The van der Waals surface area contributed by atoms with E-state index in [0.717, 1.165) is 84.2 Å². The molecular formula is C62H80N2O9. The highest BCUT2D eigenvalue weighted by molar-refractivity contribution is 6.03. The van der Waals surface area contributed by atoms with Crippen LogP contribution in [0.15, 0.2) is 114 Å². The first-order valence-corrected chi connectivity index (χ1v) is 27.4. The third kappa shape index (κ3) is 13.2. The Hall–Kier alpha value is -5.62. The number of aliphatic hydroxyl groups is 2. The molecule has 0 radical (unpaired) electrons. The number of hydrogen-bond acceptors (Lipinski definition) is 10. The summed E-state index contributed by atoms with van der Waals surface area (Å²) in [6.07, 6.45) is 19.8. The molecule has 73 heavy (non-hydrogen) atoms. The Morgan fingerprint density at radius 1 is 0.781 bits per heavy atom. The number of ether oxygens (including phenoxy) is 5. The second-order valence-corrected chi connectivity index (χ2v) is 20.7. The third-order valence-electron chi connectivity index (χ3n) is 15.6. The fourth-order valence-corrected chi connectivity index (χ4v) is 11.7. The van der Waals surface area contributed by atoms with Gasteiger partial charge >= 0.3 is 0 Å². The molecular weight excluding hydrogens is 917 g/mol. The molecule has 2 N–H and O–H groups in total. The van der Waals surface area contributed by atoms with Crippen molar-refractivity contribution in [2.45, 2.75) is 161 Å². The summed E-state index contributed by atoms with van der Waals surface area (Å²) in [5, 5.41) is 25.3. The van der Waals surface area contributed by atoms with Gasteiger partial charge in [-0.25, -0.2) is 0 Å². The minimum absolute atomic E-state index is 0.0180. The molecule has 2 aliphatic carbocycles. The van der Waals surface area contributed by atoms with Crippen molar-refractivity contribution in [3.8, 4) is 28.7 Å². The number of benzene rings is 4. The first kappa shape index (κ1) is 53.7. The van der Waals surface area contributed by atoms with Crippen LogP contribution in [0.5, 0.6) is 28.7 Å². The Balaban J connectivity index is 1.27. The minimum Gasteiger partial charge on any atom is -0.459 e. The zero-order valence-electron chi connectivity index (χ0n) is 43.7. The number of unbranched alkanes of at least 4 members (excludes halogenated alkanes) is 10. The van der Waals surface area contributed by atoms with Crippen molar-refractivity contribution in [1.82, 2.24) is 4.90 Å². The number of amides is 1. The van der Waals surface area contributed by atoms with Gasteiger partial charge in [0.1, 0.15) is 29.9 Å². The van der Waals surface area contributed by atoms with Crippen LogP contribution in [0.2, 0.25) is 0 Å². The average Bonchev–Trinajstić information content (AvgIpc) is 3.88. The number of carbonyl (C=O) groups excluding carboxylic acids is 1. The number of hydrogen-bond donors (Lipinski definition) is 2. The van der Waals surface area contributed by atoms with E-state index in [0.29, 0.717) is 48.7 Å². The number of oxime groups is 1. The monoisotopic (exact) mass is 997 g/mol. The molecule has 6 atom stereocenters. The predicted molar refractivity (Wildman–Crippen MR) is 287 cm³/mol. The molecule has 4 aliphatic rings. The van der Waals surface area contributed by atoms with E-state index in [1.54, 1.807) is 6.08 Å². The van der Waals surface area contributed by atoms with Gasteiger partial charge in [0.15, 0.2) is 11.5 Å². The van der Waals surface area contributed by atoms with Gasteiger partial charge in [-0.3, -0.25) is 4.79 Å². The Morgan fingerprint density at radius 2 is 1.49 bits per heavy atom. The summed E-state index contributed by atoms with van der Waals surface area (Å²) in [5.41, 5.74) is 6.99. The molecule has 4 aromatic carbocycles. The lowest BCUT2D eigenvalue weighted by atomic mass is 9.55. The zero-order chi connectivity index (χ0) is 51.0. The van der Waals surface area contributed by atoms with Gasteiger partial charge in [-0.2, -0.15) is 0 Å². The van der Waals surface area contributed by atoms with Crippen LogP contribution < -0.4 is 18.9 Å². The van der Waals surface area contributed by atoms with E-state index < -0.39 is 17.7 Å². The summed E-state index contributed by atoms with van der Waals surface area (Å²) in [6, 6.07) is 27.6. The highest BCUT2D eigenvalue weighted by Gasteiger charge is 2.65. The van der Waals surface area contributed by atoms with E-state index in [-0.39, 0.29) is 63.4 Å². The quantitative estimate of drug-likeness (QED) is 0.0310. The van der Waals surface area contributed by atoms with Crippen molar-refractivity contribution in [3.05, 3.63) is 137 Å².